The van der Waals surface area contributed by atoms with Crippen molar-refractivity contribution in [3.8, 4) is 17.8 Å². The molecule has 0 saturated carbocycles. The number of aromatic nitrogens is 3. The van der Waals surface area contributed by atoms with Gasteiger partial charge in [0.2, 0.25) is 11.9 Å². The Labute approximate surface area is 153 Å². The van der Waals surface area contributed by atoms with Crippen LogP contribution in [0.2, 0.25) is 10.0 Å². The first kappa shape index (κ1) is 16.8. The van der Waals surface area contributed by atoms with Crippen LogP contribution < -0.4 is 15.8 Å². The van der Waals surface area contributed by atoms with Crippen molar-refractivity contribution < 1.29 is 4.74 Å². The number of benzene rings is 2. The highest BCUT2D eigenvalue weighted by molar-refractivity contribution is 6.37. The first-order valence-electron chi connectivity index (χ1n) is 6.96. The number of nitrogens with zero attached hydrogens (tertiary/aromatic N) is 4. The van der Waals surface area contributed by atoms with Gasteiger partial charge in [-0.25, -0.2) is 0 Å². The Balaban J connectivity index is 1.86. The summed E-state index contributed by atoms with van der Waals surface area (Å²) in [6, 6.07) is 13.7. The number of nitrogen functional groups attached to an aromatic ring is 1. The summed E-state index contributed by atoms with van der Waals surface area (Å²) in [5, 5.41) is 12.4. The topological polar surface area (TPSA) is 110 Å². The van der Waals surface area contributed by atoms with Gasteiger partial charge in [0, 0.05) is 5.69 Å². The van der Waals surface area contributed by atoms with Crippen LogP contribution in [0.25, 0.3) is 0 Å². The summed E-state index contributed by atoms with van der Waals surface area (Å²) >= 11 is 12.1. The Kier molecular flexibility index (Phi) is 4.84. The fourth-order valence-electron chi connectivity index (χ4n) is 1.90. The van der Waals surface area contributed by atoms with Gasteiger partial charge < -0.3 is 15.8 Å². The van der Waals surface area contributed by atoms with Gasteiger partial charge in [-0.15, -0.1) is 0 Å². The van der Waals surface area contributed by atoms with Gasteiger partial charge in [-0.05, 0) is 36.4 Å². The predicted molar refractivity (Wildman–Crippen MR) is 95.2 cm³/mol. The van der Waals surface area contributed by atoms with E-state index in [-0.39, 0.29) is 23.7 Å². The third-order valence-corrected chi connectivity index (χ3v) is 3.61. The first-order valence-corrected chi connectivity index (χ1v) is 7.71. The monoisotopic (exact) mass is 372 g/mol. The molecule has 0 atom stereocenters. The summed E-state index contributed by atoms with van der Waals surface area (Å²) in [6.07, 6.45) is 0. The Morgan fingerprint density at radius 1 is 1.00 bits per heavy atom. The predicted octanol–water partition coefficient (Wildman–Crippen LogP) is 4.17. The lowest BCUT2D eigenvalue weighted by Gasteiger charge is -2.10. The number of hydrogen-bond donors (Lipinski definition) is 2. The number of anilines is 3. The highest BCUT2D eigenvalue weighted by Crippen LogP contribution is 2.35. The van der Waals surface area contributed by atoms with E-state index in [2.05, 4.69) is 20.3 Å². The average Bonchev–Trinajstić information content (AvgIpc) is 2.58. The minimum Gasteiger partial charge on any atom is -0.421 e. The van der Waals surface area contributed by atoms with E-state index in [0.29, 0.717) is 21.3 Å². The fraction of sp³-hybridized carbons (Fsp3) is 0. The lowest BCUT2D eigenvalue weighted by molar-refractivity contribution is 0.442. The van der Waals surface area contributed by atoms with Crippen LogP contribution in [-0.4, -0.2) is 15.0 Å². The minimum absolute atomic E-state index is 0.0377. The molecule has 0 amide bonds. The quantitative estimate of drug-likeness (QED) is 0.706. The largest absolute Gasteiger partial charge is 0.421 e. The zero-order chi connectivity index (χ0) is 17.8. The summed E-state index contributed by atoms with van der Waals surface area (Å²) < 4.78 is 5.55. The van der Waals surface area contributed by atoms with Crippen LogP contribution in [0.4, 0.5) is 17.6 Å². The third-order valence-electron chi connectivity index (χ3n) is 3.01. The molecule has 3 N–H and O–H groups in total. The normalized spacial score (nSPS) is 10.1. The van der Waals surface area contributed by atoms with Crippen molar-refractivity contribution in [2.75, 3.05) is 11.1 Å². The number of ether oxygens (including phenoxy) is 1. The second-order valence-corrected chi connectivity index (χ2v) is 5.58. The molecule has 3 aromatic rings. The summed E-state index contributed by atoms with van der Waals surface area (Å²) in [5.41, 5.74) is 6.91. The van der Waals surface area contributed by atoms with E-state index in [9.17, 15) is 0 Å². The van der Waals surface area contributed by atoms with Crippen LogP contribution in [0, 0.1) is 11.3 Å². The molecule has 3 rings (SSSR count). The van der Waals surface area contributed by atoms with Gasteiger partial charge in [0.1, 0.15) is 0 Å². The van der Waals surface area contributed by atoms with Crippen molar-refractivity contribution in [1.29, 1.82) is 5.26 Å². The molecule has 0 spiro atoms. The van der Waals surface area contributed by atoms with E-state index >= 15 is 0 Å². The fourth-order valence-corrected chi connectivity index (χ4v) is 2.38. The molecular weight excluding hydrogens is 363 g/mol. The van der Waals surface area contributed by atoms with Crippen LogP contribution in [0.5, 0.6) is 11.8 Å². The van der Waals surface area contributed by atoms with Gasteiger partial charge in [0.25, 0.3) is 0 Å². The molecule has 0 unspecified atom stereocenters. The van der Waals surface area contributed by atoms with E-state index in [1.54, 1.807) is 42.5 Å². The van der Waals surface area contributed by atoms with Crippen LogP contribution >= 0.6 is 23.2 Å². The van der Waals surface area contributed by atoms with Gasteiger partial charge in [0.05, 0.1) is 21.7 Å². The van der Waals surface area contributed by atoms with Gasteiger partial charge in [0.15, 0.2) is 5.75 Å². The van der Waals surface area contributed by atoms with Gasteiger partial charge in [-0.3, -0.25) is 0 Å². The van der Waals surface area contributed by atoms with E-state index in [4.69, 9.17) is 38.9 Å². The molecule has 0 bridgehead atoms. The highest BCUT2D eigenvalue weighted by atomic mass is 35.5. The molecule has 1 heterocycles. The molecule has 25 heavy (non-hydrogen) atoms. The SMILES string of the molecule is N#Cc1ccc(Nc2nc(N)nc(Oc3c(Cl)cccc3Cl)n2)cc1. The number of rotatable bonds is 4. The summed E-state index contributed by atoms with van der Waals surface area (Å²) in [6.45, 7) is 0. The molecule has 0 aliphatic carbocycles. The average molecular weight is 373 g/mol. The van der Waals surface area contributed by atoms with Crippen molar-refractivity contribution in [3.05, 3.63) is 58.1 Å². The maximum absolute atomic E-state index is 8.82. The zero-order valence-electron chi connectivity index (χ0n) is 12.6. The molecular formula is C16H10Cl2N6O. The van der Waals surface area contributed by atoms with Crippen LogP contribution in [0.1, 0.15) is 5.56 Å². The van der Waals surface area contributed by atoms with E-state index in [1.165, 1.54) is 0 Å². The van der Waals surface area contributed by atoms with E-state index in [0.717, 1.165) is 0 Å². The number of para-hydroxylation sites is 1. The first-order chi connectivity index (χ1) is 12.0. The Bertz CT molecular complexity index is 936. The number of hydrogen-bond acceptors (Lipinski definition) is 7. The Morgan fingerprint density at radius 3 is 2.32 bits per heavy atom. The van der Waals surface area contributed by atoms with Gasteiger partial charge >= 0.3 is 6.01 Å². The van der Waals surface area contributed by atoms with Crippen molar-refractivity contribution >= 4 is 40.8 Å². The summed E-state index contributed by atoms with van der Waals surface area (Å²) in [4.78, 5) is 12.0. The number of nitrogens with one attached hydrogen (secondary N) is 1. The van der Waals surface area contributed by atoms with Crippen LogP contribution in [-0.2, 0) is 0 Å². The molecule has 124 valence electrons. The molecule has 0 fully saturated rings. The van der Waals surface area contributed by atoms with Crippen molar-refractivity contribution in [3.63, 3.8) is 0 Å². The number of nitrogens with two attached hydrogens (primary N) is 1. The second kappa shape index (κ2) is 7.21. The number of halogens is 2. The highest BCUT2D eigenvalue weighted by Gasteiger charge is 2.12. The zero-order valence-corrected chi connectivity index (χ0v) is 14.1. The Hall–Kier alpha value is -3.08. The Morgan fingerprint density at radius 2 is 1.68 bits per heavy atom. The van der Waals surface area contributed by atoms with Crippen LogP contribution in [0.3, 0.4) is 0 Å². The molecule has 7 nitrogen and oxygen atoms in total. The second-order valence-electron chi connectivity index (χ2n) is 4.77. The third kappa shape index (κ3) is 4.07. The lowest BCUT2D eigenvalue weighted by atomic mass is 10.2. The lowest BCUT2D eigenvalue weighted by Crippen LogP contribution is -2.05. The standard InChI is InChI=1S/C16H10Cl2N6O/c17-11-2-1-3-12(18)13(11)25-16-23-14(20)22-15(24-16)21-10-6-4-9(8-19)5-7-10/h1-7H,(H3,20,21,22,23,24). The molecule has 0 aliphatic heterocycles. The van der Waals surface area contributed by atoms with E-state index in [1.807, 2.05) is 6.07 Å². The van der Waals surface area contributed by atoms with Crippen LogP contribution in [0.15, 0.2) is 42.5 Å². The van der Waals surface area contributed by atoms with Gasteiger partial charge in [-0.1, -0.05) is 29.3 Å². The van der Waals surface area contributed by atoms with Crippen molar-refractivity contribution in [1.82, 2.24) is 15.0 Å². The van der Waals surface area contributed by atoms with Crippen molar-refractivity contribution in [2.24, 2.45) is 0 Å². The summed E-state index contributed by atoms with van der Waals surface area (Å²) in [5.74, 6) is 0.362. The molecule has 0 saturated heterocycles. The minimum atomic E-state index is -0.0568. The molecule has 1 aromatic heterocycles. The van der Waals surface area contributed by atoms with Crippen molar-refractivity contribution in [2.45, 2.75) is 0 Å². The molecule has 9 heteroatoms. The maximum Gasteiger partial charge on any atom is 0.328 e. The smallest absolute Gasteiger partial charge is 0.328 e. The molecule has 0 aliphatic rings. The summed E-state index contributed by atoms with van der Waals surface area (Å²) in [7, 11) is 0. The molecule has 0 radical (unpaired) electrons. The van der Waals surface area contributed by atoms with E-state index < -0.39 is 0 Å². The number of nitriles is 1. The van der Waals surface area contributed by atoms with Gasteiger partial charge in [-0.2, -0.15) is 20.2 Å². The molecule has 2 aromatic carbocycles. The maximum atomic E-state index is 8.82.